The molecule has 1 N–H and O–H groups in total. The van der Waals surface area contributed by atoms with Crippen LogP contribution in [0.4, 0.5) is 13.2 Å². The maximum Gasteiger partial charge on any atom is 0.434 e. The van der Waals surface area contributed by atoms with Gasteiger partial charge >= 0.3 is 6.18 Å². The minimum Gasteiger partial charge on any atom is -0.375 e. The second-order valence-corrected chi connectivity index (χ2v) is 9.17. The van der Waals surface area contributed by atoms with E-state index in [1.54, 1.807) is 0 Å². The van der Waals surface area contributed by atoms with Gasteiger partial charge < -0.3 is 10.1 Å². The van der Waals surface area contributed by atoms with Crippen molar-refractivity contribution in [2.24, 2.45) is 0 Å². The van der Waals surface area contributed by atoms with Gasteiger partial charge in [-0.05, 0) is 62.4 Å². The van der Waals surface area contributed by atoms with Crippen molar-refractivity contribution in [3.63, 3.8) is 0 Å². The molecule has 0 radical (unpaired) electrons. The van der Waals surface area contributed by atoms with E-state index in [2.05, 4.69) is 16.4 Å². The van der Waals surface area contributed by atoms with Gasteiger partial charge in [-0.2, -0.15) is 13.2 Å². The third-order valence-electron chi connectivity index (χ3n) is 6.65. The highest BCUT2D eigenvalue weighted by Crippen LogP contribution is 2.49. The Bertz CT molecular complexity index is 887. The molecule has 1 aliphatic carbocycles. The summed E-state index contributed by atoms with van der Waals surface area (Å²) in [5.41, 5.74) is 0.582. The van der Waals surface area contributed by atoms with Crippen molar-refractivity contribution in [3.05, 3.63) is 58.6 Å². The van der Waals surface area contributed by atoms with Crippen LogP contribution in [0.15, 0.2) is 36.7 Å². The first-order chi connectivity index (χ1) is 14.8. The van der Waals surface area contributed by atoms with Crippen LogP contribution < -0.4 is 5.32 Å². The van der Waals surface area contributed by atoms with Crippen molar-refractivity contribution in [2.75, 3.05) is 13.2 Å². The summed E-state index contributed by atoms with van der Waals surface area (Å²) in [6.07, 6.45) is 5.92. The van der Waals surface area contributed by atoms with Gasteiger partial charge in [-0.3, -0.25) is 4.98 Å². The molecule has 2 aliphatic rings. The molecule has 1 spiro atoms. The zero-order valence-corrected chi connectivity index (χ0v) is 18.1. The van der Waals surface area contributed by atoms with Crippen LogP contribution in [0.2, 0.25) is 5.02 Å². The Balaban J connectivity index is 1.42. The van der Waals surface area contributed by atoms with E-state index in [-0.39, 0.29) is 16.0 Å². The molecule has 1 saturated heterocycles. The predicted octanol–water partition coefficient (Wildman–Crippen LogP) is 5.69. The number of ether oxygens (including phenoxy) is 1. The van der Waals surface area contributed by atoms with Gasteiger partial charge in [0.05, 0.1) is 10.6 Å². The number of hydrogen-bond acceptors (Lipinski definition) is 4. The minimum atomic E-state index is -4.54. The van der Waals surface area contributed by atoms with Crippen LogP contribution in [0.1, 0.15) is 61.9 Å². The molecule has 1 atom stereocenters. The summed E-state index contributed by atoms with van der Waals surface area (Å²) >= 11 is 5.79. The molecule has 0 amide bonds. The lowest BCUT2D eigenvalue weighted by Gasteiger charge is -2.46. The third kappa shape index (κ3) is 5.04. The Morgan fingerprint density at radius 3 is 2.61 bits per heavy atom. The Morgan fingerprint density at radius 1 is 1.13 bits per heavy atom. The predicted molar refractivity (Wildman–Crippen MR) is 113 cm³/mol. The maximum absolute atomic E-state index is 12.8. The van der Waals surface area contributed by atoms with Gasteiger partial charge in [0.15, 0.2) is 5.69 Å². The van der Waals surface area contributed by atoms with E-state index in [0.717, 1.165) is 44.4 Å². The SMILES string of the molecule is FC(F)(F)c1ncc(CNCC[C@@]2(c3ccccn3)CCOC3(CCCC3)C2)cc1Cl. The molecule has 168 valence electrons. The summed E-state index contributed by atoms with van der Waals surface area (Å²) in [6, 6.07) is 7.40. The second-order valence-electron chi connectivity index (χ2n) is 8.76. The van der Waals surface area contributed by atoms with Gasteiger partial charge in [0.1, 0.15) is 0 Å². The fourth-order valence-electron chi connectivity index (χ4n) is 5.14. The number of aromatic nitrogens is 2. The Morgan fingerprint density at radius 2 is 1.94 bits per heavy atom. The lowest BCUT2D eigenvalue weighted by Crippen LogP contribution is -2.47. The molecule has 3 heterocycles. The normalized spacial score (nSPS) is 23.4. The number of rotatable bonds is 6. The molecule has 4 nitrogen and oxygen atoms in total. The van der Waals surface area contributed by atoms with Gasteiger partial charge in [-0.1, -0.05) is 30.5 Å². The Labute approximate surface area is 185 Å². The van der Waals surface area contributed by atoms with Crippen molar-refractivity contribution in [1.29, 1.82) is 0 Å². The summed E-state index contributed by atoms with van der Waals surface area (Å²) in [5, 5.41) is 2.99. The maximum atomic E-state index is 12.8. The van der Waals surface area contributed by atoms with Gasteiger partial charge in [-0.25, -0.2) is 4.98 Å². The molecule has 2 fully saturated rings. The smallest absolute Gasteiger partial charge is 0.375 e. The number of hydrogen-bond donors (Lipinski definition) is 1. The van der Waals surface area contributed by atoms with Crippen LogP contribution in [0.3, 0.4) is 0 Å². The van der Waals surface area contributed by atoms with Crippen molar-refractivity contribution in [2.45, 2.75) is 68.7 Å². The summed E-state index contributed by atoms with van der Waals surface area (Å²) in [7, 11) is 0. The van der Waals surface area contributed by atoms with Crippen LogP contribution in [0, 0.1) is 0 Å². The average Bonchev–Trinajstić information content (AvgIpc) is 3.18. The lowest BCUT2D eigenvalue weighted by molar-refractivity contribution is -0.141. The molecule has 1 saturated carbocycles. The quantitative estimate of drug-likeness (QED) is 0.571. The number of nitrogens with zero attached hydrogens (tertiary/aromatic N) is 2. The number of alkyl halides is 3. The van der Waals surface area contributed by atoms with Crippen LogP contribution in [0.5, 0.6) is 0 Å². The summed E-state index contributed by atoms with van der Waals surface area (Å²) in [6.45, 7) is 1.85. The number of halogens is 4. The highest BCUT2D eigenvalue weighted by molar-refractivity contribution is 6.31. The summed E-state index contributed by atoms with van der Waals surface area (Å²) in [5.74, 6) is 0. The summed E-state index contributed by atoms with van der Waals surface area (Å²) in [4.78, 5) is 8.20. The molecule has 0 bridgehead atoms. The topological polar surface area (TPSA) is 47.0 Å². The van der Waals surface area contributed by atoms with Gasteiger partial charge in [0.25, 0.3) is 0 Å². The molecule has 0 unspecified atom stereocenters. The lowest BCUT2D eigenvalue weighted by atomic mass is 9.68. The first kappa shape index (κ1) is 22.5. The Kier molecular flexibility index (Phi) is 6.56. The molecular formula is C23H27ClF3N3O. The highest BCUT2D eigenvalue weighted by Gasteiger charge is 2.48. The fraction of sp³-hybridized carbons (Fsp3) is 0.565. The van der Waals surface area contributed by atoms with Crippen molar-refractivity contribution < 1.29 is 17.9 Å². The van der Waals surface area contributed by atoms with E-state index in [9.17, 15) is 13.2 Å². The van der Waals surface area contributed by atoms with E-state index in [1.807, 2.05) is 18.3 Å². The van der Waals surface area contributed by atoms with Crippen LogP contribution in [-0.4, -0.2) is 28.7 Å². The number of nitrogens with one attached hydrogen (secondary N) is 1. The number of pyridine rings is 2. The van der Waals surface area contributed by atoms with E-state index >= 15 is 0 Å². The molecule has 0 aromatic carbocycles. The minimum absolute atomic E-state index is 0.0410. The monoisotopic (exact) mass is 453 g/mol. The van der Waals surface area contributed by atoms with E-state index in [1.165, 1.54) is 25.1 Å². The Hall–Kier alpha value is -1.70. The zero-order chi connectivity index (χ0) is 22.0. The molecule has 2 aromatic rings. The van der Waals surface area contributed by atoms with Crippen molar-refractivity contribution in [1.82, 2.24) is 15.3 Å². The van der Waals surface area contributed by atoms with Gasteiger partial charge in [-0.15, -0.1) is 0 Å². The second kappa shape index (κ2) is 9.04. The van der Waals surface area contributed by atoms with E-state index < -0.39 is 11.9 Å². The van der Waals surface area contributed by atoms with Crippen LogP contribution in [0.25, 0.3) is 0 Å². The largest absolute Gasteiger partial charge is 0.434 e. The average molecular weight is 454 g/mol. The van der Waals surface area contributed by atoms with E-state index in [4.69, 9.17) is 21.3 Å². The van der Waals surface area contributed by atoms with E-state index in [0.29, 0.717) is 18.7 Å². The summed E-state index contributed by atoms with van der Waals surface area (Å²) < 4.78 is 44.8. The third-order valence-corrected chi connectivity index (χ3v) is 6.94. The van der Waals surface area contributed by atoms with Gasteiger partial charge in [0.2, 0.25) is 0 Å². The fourth-order valence-corrected chi connectivity index (χ4v) is 5.44. The molecular weight excluding hydrogens is 427 g/mol. The van der Waals surface area contributed by atoms with Crippen molar-refractivity contribution in [3.8, 4) is 0 Å². The highest BCUT2D eigenvalue weighted by atomic mass is 35.5. The molecule has 8 heteroatoms. The molecule has 31 heavy (non-hydrogen) atoms. The molecule has 2 aromatic heterocycles. The van der Waals surface area contributed by atoms with Crippen LogP contribution >= 0.6 is 11.6 Å². The first-order valence-corrected chi connectivity index (χ1v) is 11.2. The first-order valence-electron chi connectivity index (χ1n) is 10.8. The zero-order valence-electron chi connectivity index (χ0n) is 17.3. The van der Waals surface area contributed by atoms with Crippen LogP contribution in [-0.2, 0) is 22.9 Å². The standard InChI is InChI=1S/C23H27ClF3N3O/c24-18-13-17(15-30-20(18)23(25,26)27)14-28-11-8-21(19-5-1-4-10-29-19)9-12-31-22(16-21)6-2-3-7-22/h1,4-5,10,13,15,28H,2-3,6-9,11-12,14,16H2/t21-/m1/s1. The molecule has 1 aliphatic heterocycles. The van der Waals surface area contributed by atoms with Crippen molar-refractivity contribution >= 4 is 11.6 Å². The van der Waals surface area contributed by atoms with Gasteiger partial charge in [0, 0.05) is 36.7 Å². The molecule has 4 rings (SSSR count).